The van der Waals surface area contributed by atoms with Crippen LogP contribution in [-0.4, -0.2) is 149 Å². The predicted octanol–water partition coefficient (Wildman–Crippen LogP) is 6.13. The van der Waals surface area contributed by atoms with Crippen molar-refractivity contribution in [3.05, 3.63) is 138 Å². The first-order valence-corrected chi connectivity index (χ1v) is 39.4. The molecule has 0 bridgehead atoms. The summed E-state index contributed by atoms with van der Waals surface area (Å²) in [6, 6.07) is 29.4. The number of phenols is 1. The summed E-state index contributed by atoms with van der Waals surface area (Å²) in [6.07, 6.45) is 13.8. The number of carbonyl (C=O) groups is 10. The summed E-state index contributed by atoms with van der Waals surface area (Å²) >= 11 is 0. The Kier molecular flexibility index (Phi) is 37.6. The molecule has 7 rings (SSSR count). The lowest BCUT2D eigenvalue weighted by molar-refractivity contribution is -0.138. The number of carboxylic acids is 1. The molecule has 3 saturated carbocycles. The first-order chi connectivity index (χ1) is 51.7. The number of aliphatic carboxylic acids is 1. The molecule has 6 unspecified atom stereocenters. The standard InChI is InChI=1S/C82H121N13O12/c83-41-19-16-28-60(87-74(98)51-63(45-55-22-4-1-5-23-55)90-80(105)67-31-10-13-34-70(67)93-73(97)48-59(86)44-58-37-39-66(96)40-38-58)49-77(101)94-71-35-14-11-32-68(71)81(106)91-64(46-56-24-6-2-7-25-56)52-75(99)88-61(29-17-20-42-84)50-78(102)95-72-36-15-12-33-69(72)82(107)92-65(47-57-26-8-3-9-27-57)53-76(100)89-62(54-79(103)104)30-18-21-43-85/h1-9,22-27,37-40,59-65,67-72,96H,10-21,28-36,41-54,83-86H2,(H,87,98)(H,88,99)(H,89,100)(H,90,105)(H,91,106)(H,92,107)(H,93,97)(H,94,101)(H,95,102)(H,103,104)/t59-,60-,61-,62-,63-,64-,65-,67?,68?,69?,70?,71?,72?/m1/s1. The number of benzene rings is 4. The molecule has 107 heavy (non-hydrogen) atoms. The van der Waals surface area contributed by atoms with Crippen molar-refractivity contribution in [3.8, 4) is 5.75 Å². The number of hydrogen-bond acceptors (Lipinski definition) is 15. The Morgan fingerprint density at radius 2 is 0.626 bits per heavy atom. The largest absolute Gasteiger partial charge is 0.508 e. The highest BCUT2D eigenvalue weighted by Gasteiger charge is 2.38. The molecule has 0 aliphatic heterocycles. The number of carboxylic acid groups (broad SMARTS) is 1. The molecule has 3 aliphatic carbocycles. The number of carbonyl (C=O) groups excluding carboxylic acids is 9. The topological polar surface area (TPSA) is 424 Å². The van der Waals surface area contributed by atoms with E-state index in [0.717, 1.165) is 60.8 Å². The highest BCUT2D eigenvalue weighted by molar-refractivity contribution is 5.87. The minimum Gasteiger partial charge on any atom is -0.508 e. The van der Waals surface area contributed by atoms with Crippen LogP contribution in [0.1, 0.15) is 202 Å². The van der Waals surface area contributed by atoms with Crippen LogP contribution in [0.3, 0.4) is 0 Å². The van der Waals surface area contributed by atoms with Crippen LogP contribution < -0.4 is 70.8 Å². The fourth-order valence-electron chi connectivity index (χ4n) is 15.5. The molecule has 0 spiro atoms. The van der Waals surface area contributed by atoms with Crippen LogP contribution in [0.4, 0.5) is 0 Å². The number of hydrogen-bond donors (Lipinski definition) is 15. The Bertz CT molecular complexity index is 3390. The molecule has 13 atom stereocenters. The fourth-order valence-corrected chi connectivity index (χ4v) is 15.5. The predicted molar refractivity (Wildman–Crippen MR) is 412 cm³/mol. The molecule has 3 fully saturated rings. The van der Waals surface area contributed by atoms with Gasteiger partial charge in [-0.25, -0.2) is 0 Å². The molecule has 25 nitrogen and oxygen atoms in total. The van der Waals surface area contributed by atoms with Gasteiger partial charge in [-0.3, -0.25) is 47.9 Å². The van der Waals surface area contributed by atoms with Crippen LogP contribution in [0.25, 0.3) is 0 Å². The summed E-state index contributed by atoms with van der Waals surface area (Å²) in [5.74, 6) is -5.63. The minimum atomic E-state index is -1.04. The highest BCUT2D eigenvalue weighted by atomic mass is 16.4. The van der Waals surface area contributed by atoms with Crippen LogP contribution in [0.2, 0.25) is 0 Å². The third-order valence-electron chi connectivity index (χ3n) is 20.9. The third-order valence-corrected chi connectivity index (χ3v) is 20.9. The van der Waals surface area contributed by atoms with E-state index in [9.17, 15) is 58.2 Å². The van der Waals surface area contributed by atoms with Gasteiger partial charge in [-0.2, -0.15) is 0 Å². The average Bonchev–Trinajstić information content (AvgIpc) is 0.851. The van der Waals surface area contributed by atoms with Crippen molar-refractivity contribution in [2.45, 2.75) is 266 Å². The molecule has 9 amide bonds. The van der Waals surface area contributed by atoms with E-state index in [1.165, 1.54) is 0 Å². The summed E-state index contributed by atoms with van der Waals surface area (Å²) in [7, 11) is 0. The summed E-state index contributed by atoms with van der Waals surface area (Å²) in [6.45, 7) is 1.27. The second-order valence-electron chi connectivity index (χ2n) is 30.0. The van der Waals surface area contributed by atoms with Gasteiger partial charge in [0.15, 0.2) is 0 Å². The Morgan fingerprint density at radius 3 is 0.944 bits per heavy atom. The highest BCUT2D eigenvalue weighted by Crippen LogP contribution is 2.29. The van der Waals surface area contributed by atoms with Gasteiger partial charge in [0.25, 0.3) is 0 Å². The second-order valence-corrected chi connectivity index (χ2v) is 30.0. The molecule has 0 aromatic heterocycles. The van der Waals surface area contributed by atoms with Crippen LogP contribution >= 0.6 is 0 Å². The van der Waals surface area contributed by atoms with E-state index in [1.54, 1.807) is 24.3 Å². The van der Waals surface area contributed by atoms with Crippen LogP contribution in [0.15, 0.2) is 115 Å². The van der Waals surface area contributed by atoms with Crippen molar-refractivity contribution in [1.82, 2.24) is 47.9 Å². The van der Waals surface area contributed by atoms with Crippen LogP contribution in [0.5, 0.6) is 5.75 Å². The molecule has 0 heterocycles. The first kappa shape index (κ1) is 85.5. The number of phenolic OH excluding ortho intramolecular Hbond substituents is 1. The zero-order valence-corrected chi connectivity index (χ0v) is 62.5. The molecule has 19 N–H and O–H groups in total. The number of unbranched alkanes of at least 4 members (excludes halogenated alkanes) is 3. The van der Waals surface area contributed by atoms with Crippen molar-refractivity contribution in [3.63, 3.8) is 0 Å². The van der Waals surface area contributed by atoms with E-state index >= 15 is 0 Å². The summed E-state index contributed by atoms with van der Waals surface area (Å²) < 4.78 is 0. The minimum absolute atomic E-state index is 0.0499. The van der Waals surface area contributed by atoms with Crippen molar-refractivity contribution in [2.24, 2.45) is 40.7 Å². The van der Waals surface area contributed by atoms with Gasteiger partial charge in [0.1, 0.15) is 5.75 Å². The van der Waals surface area contributed by atoms with Gasteiger partial charge in [-0.1, -0.05) is 161 Å². The Labute approximate surface area is 631 Å². The van der Waals surface area contributed by atoms with E-state index < -0.39 is 84.1 Å². The van der Waals surface area contributed by atoms with Crippen LogP contribution in [0, 0.1) is 17.8 Å². The summed E-state index contributed by atoms with van der Waals surface area (Å²) in [5, 5.41) is 47.4. The zero-order valence-electron chi connectivity index (χ0n) is 62.5. The van der Waals surface area contributed by atoms with Gasteiger partial charge in [0, 0.05) is 98.9 Å². The molecule has 0 saturated heterocycles. The number of nitrogens with two attached hydrogens (primary N) is 4. The van der Waals surface area contributed by atoms with Crippen LogP contribution in [-0.2, 0) is 73.6 Å². The maximum Gasteiger partial charge on any atom is 0.305 e. The second kappa shape index (κ2) is 47.1. The number of rotatable bonds is 46. The molecule has 3 aliphatic rings. The zero-order chi connectivity index (χ0) is 76.7. The lowest BCUT2D eigenvalue weighted by Gasteiger charge is -2.33. The summed E-state index contributed by atoms with van der Waals surface area (Å²) in [4.78, 5) is 140. The van der Waals surface area contributed by atoms with E-state index in [2.05, 4.69) is 47.9 Å². The van der Waals surface area contributed by atoms with Crippen molar-refractivity contribution in [2.75, 3.05) is 19.6 Å². The van der Waals surface area contributed by atoms with E-state index in [0.29, 0.717) is 142 Å². The lowest BCUT2D eigenvalue weighted by Crippen LogP contribution is -2.53. The Hall–Kier alpha value is -8.78. The number of nitrogens with one attached hydrogen (secondary N) is 9. The summed E-state index contributed by atoms with van der Waals surface area (Å²) in [5.41, 5.74) is 27.5. The molecular formula is C82H121N13O12. The van der Waals surface area contributed by atoms with Crippen molar-refractivity contribution < 1.29 is 58.2 Å². The lowest BCUT2D eigenvalue weighted by atomic mass is 9.83. The number of aromatic hydroxyl groups is 1. The van der Waals surface area contributed by atoms with E-state index in [1.807, 2.05) is 91.0 Å². The SMILES string of the molecule is NCCCC[C@H](CC(=O)O)NC(=O)C[C@@H](Cc1ccccc1)NC(=O)C1CCCCC1NC(=O)C[C@@H](CCCCN)NC(=O)C[C@@H](Cc1ccccc1)NC(=O)C1CCCCC1NC(=O)C[C@@H](CCCCN)NC(=O)C[C@@H](Cc1ccccc1)NC(=O)C1CCCCC1NC(=O)C[C@H](N)Cc1ccc(O)cc1. The fraction of sp³-hybridized carbons (Fsp3) is 0.585. The van der Waals surface area contributed by atoms with Gasteiger partial charge in [0.2, 0.25) is 53.2 Å². The molecule has 25 heteroatoms. The van der Waals surface area contributed by atoms with Crippen molar-refractivity contribution in [1.29, 1.82) is 0 Å². The van der Waals surface area contributed by atoms with Crippen molar-refractivity contribution >= 4 is 59.1 Å². The van der Waals surface area contributed by atoms with E-state index in [4.69, 9.17) is 22.9 Å². The molecule has 4 aromatic rings. The molecular weight excluding hydrogens is 1360 g/mol. The molecule has 0 radical (unpaired) electrons. The van der Waals surface area contributed by atoms with Gasteiger partial charge in [0.05, 0.1) is 24.2 Å². The average molecular weight is 1480 g/mol. The van der Waals surface area contributed by atoms with Gasteiger partial charge in [-0.05, 0) is 157 Å². The molecule has 586 valence electrons. The normalized spacial score (nSPS) is 19.8. The third kappa shape index (κ3) is 32.3. The Morgan fingerprint density at radius 1 is 0.336 bits per heavy atom. The first-order valence-electron chi connectivity index (χ1n) is 39.4. The van der Waals surface area contributed by atoms with Gasteiger partial charge < -0.3 is 81.0 Å². The maximum absolute atomic E-state index is 14.7. The van der Waals surface area contributed by atoms with E-state index in [-0.39, 0.29) is 104 Å². The Balaban J connectivity index is 0.962. The molecule has 4 aromatic carbocycles. The smallest absolute Gasteiger partial charge is 0.305 e. The number of amides is 9. The monoisotopic (exact) mass is 1480 g/mol. The van der Waals surface area contributed by atoms with Gasteiger partial charge in [-0.15, -0.1) is 0 Å². The van der Waals surface area contributed by atoms with Gasteiger partial charge >= 0.3 is 5.97 Å². The maximum atomic E-state index is 14.7. The quantitative estimate of drug-likeness (QED) is 0.0221.